The molecule has 0 atom stereocenters. The van der Waals surface area contributed by atoms with Gasteiger partial charge in [0.25, 0.3) is 0 Å². The number of methoxy groups -OCH3 is 1. The molecule has 1 amide bonds. The standard InChI is InChI=1S/C31H53NO14/c1-35-30(33)28-45-26-25-44-24-23-43-22-21-42-20-19-41-18-17-40-16-15-39-14-13-38-12-11-37-10-9-36-8-7-32-31(34)46-27-29-5-3-2-4-6-29/h2-6H,7-28H2,1H3,(H,32,34). The van der Waals surface area contributed by atoms with Crippen LogP contribution >= 0.6 is 0 Å². The highest BCUT2D eigenvalue weighted by Gasteiger charge is 2.02. The van der Waals surface area contributed by atoms with Gasteiger partial charge < -0.3 is 62.2 Å². The largest absolute Gasteiger partial charge is 0.467 e. The Morgan fingerprint density at radius 1 is 0.500 bits per heavy atom. The third kappa shape index (κ3) is 30.2. The Bertz CT molecular complexity index is 805. The summed E-state index contributed by atoms with van der Waals surface area (Å²) in [5, 5.41) is 2.64. The molecule has 46 heavy (non-hydrogen) atoms. The van der Waals surface area contributed by atoms with Gasteiger partial charge >= 0.3 is 12.1 Å². The van der Waals surface area contributed by atoms with Crippen molar-refractivity contribution < 1.29 is 66.4 Å². The van der Waals surface area contributed by atoms with Crippen molar-refractivity contribution >= 4 is 12.1 Å². The van der Waals surface area contributed by atoms with E-state index in [0.717, 1.165) is 5.56 Å². The maximum atomic E-state index is 11.6. The average Bonchev–Trinajstić information content (AvgIpc) is 3.08. The van der Waals surface area contributed by atoms with Gasteiger partial charge in [-0.3, -0.25) is 0 Å². The zero-order valence-corrected chi connectivity index (χ0v) is 27.2. The van der Waals surface area contributed by atoms with E-state index in [0.29, 0.717) is 132 Å². The second kappa shape index (κ2) is 33.9. The summed E-state index contributed by atoms with van der Waals surface area (Å²) in [6, 6.07) is 9.49. The van der Waals surface area contributed by atoms with Crippen LogP contribution in [0.4, 0.5) is 4.79 Å². The molecule has 0 bridgehead atoms. The highest BCUT2D eigenvalue weighted by molar-refractivity contribution is 5.70. The molecule has 0 unspecified atom stereocenters. The van der Waals surface area contributed by atoms with Crippen LogP contribution in [0.5, 0.6) is 0 Å². The zero-order valence-electron chi connectivity index (χ0n) is 27.2. The minimum Gasteiger partial charge on any atom is -0.467 e. The van der Waals surface area contributed by atoms with E-state index in [1.54, 1.807) is 0 Å². The fraction of sp³-hybridized carbons (Fsp3) is 0.742. The van der Waals surface area contributed by atoms with Crippen molar-refractivity contribution in [2.75, 3.05) is 146 Å². The van der Waals surface area contributed by atoms with Gasteiger partial charge in [-0.25, -0.2) is 9.59 Å². The van der Waals surface area contributed by atoms with Crippen molar-refractivity contribution in [3.05, 3.63) is 35.9 Å². The van der Waals surface area contributed by atoms with E-state index in [2.05, 4.69) is 10.1 Å². The number of carbonyl (C=O) groups is 2. The molecule has 1 rings (SSSR count). The molecule has 0 saturated carbocycles. The summed E-state index contributed by atoms with van der Waals surface area (Å²) >= 11 is 0. The van der Waals surface area contributed by atoms with Gasteiger partial charge in [-0.1, -0.05) is 30.3 Å². The molecule has 15 nitrogen and oxygen atoms in total. The first-order valence-corrected chi connectivity index (χ1v) is 15.5. The van der Waals surface area contributed by atoms with E-state index >= 15 is 0 Å². The number of alkyl carbamates (subject to hydrolysis) is 1. The number of esters is 1. The van der Waals surface area contributed by atoms with Gasteiger partial charge in [-0.05, 0) is 5.56 Å². The second-order valence-corrected chi connectivity index (χ2v) is 9.13. The predicted molar refractivity (Wildman–Crippen MR) is 165 cm³/mol. The number of rotatable bonds is 34. The highest BCUT2D eigenvalue weighted by atomic mass is 16.6. The molecule has 0 heterocycles. The SMILES string of the molecule is COC(=O)COCCOCCOCCOCCOCCOCCOCCOCCOCCOCCNC(=O)OCc1ccccc1. The molecule has 0 saturated heterocycles. The fourth-order valence-electron chi connectivity index (χ4n) is 3.19. The molecule has 0 fully saturated rings. The van der Waals surface area contributed by atoms with Crippen molar-refractivity contribution in [1.82, 2.24) is 5.32 Å². The van der Waals surface area contributed by atoms with Gasteiger partial charge in [0.05, 0.1) is 133 Å². The van der Waals surface area contributed by atoms with E-state index in [4.69, 9.17) is 52.1 Å². The monoisotopic (exact) mass is 663 g/mol. The Balaban J connectivity index is 1.64. The molecule has 0 spiro atoms. The van der Waals surface area contributed by atoms with Crippen molar-refractivity contribution in [1.29, 1.82) is 0 Å². The van der Waals surface area contributed by atoms with Gasteiger partial charge in [-0.15, -0.1) is 0 Å². The third-order valence-electron chi connectivity index (χ3n) is 5.52. The lowest BCUT2D eigenvalue weighted by Gasteiger charge is -2.09. The molecule has 0 aliphatic rings. The molecule has 1 N–H and O–H groups in total. The van der Waals surface area contributed by atoms with Gasteiger partial charge in [0, 0.05) is 6.54 Å². The van der Waals surface area contributed by atoms with E-state index in [1.165, 1.54) is 7.11 Å². The van der Waals surface area contributed by atoms with E-state index in [9.17, 15) is 9.59 Å². The minimum atomic E-state index is -0.473. The quantitative estimate of drug-likeness (QED) is 0.0830. The lowest BCUT2D eigenvalue weighted by molar-refractivity contribution is -0.146. The molecule has 0 aromatic heterocycles. The van der Waals surface area contributed by atoms with Crippen LogP contribution in [-0.4, -0.2) is 158 Å². The van der Waals surface area contributed by atoms with Gasteiger partial charge in [0.2, 0.25) is 0 Å². The zero-order chi connectivity index (χ0) is 33.0. The number of amides is 1. The van der Waals surface area contributed by atoms with Crippen LogP contribution < -0.4 is 5.32 Å². The summed E-state index contributed by atoms with van der Waals surface area (Å²) in [6.07, 6.45) is -0.473. The Kier molecular flexibility index (Phi) is 30.7. The van der Waals surface area contributed by atoms with E-state index in [-0.39, 0.29) is 13.2 Å². The first-order chi connectivity index (χ1) is 22.7. The maximum Gasteiger partial charge on any atom is 0.407 e. The van der Waals surface area contributed by atoms with Crippen molar-refractivity contribution in [3.63, 3.8) is 0 Å². The number of hydrogen-bond acceptors (Lipinski definition) is 14. The van der Waals surface area contributed by atoms with Crippen LogP contribution in [-0.2, 0) is 68.2 Å². The average molecular weight is 664 g/mol. The van der Waals surface area contributed by atoms with E-state index in [1.807, 2.05) is 30.3 Å². The van der Waals surface area contributed by atoms with Crippen molar-refractivity contribution in [2.24, 2.45) is 0 Å². The molecule has 1 aromatic carbocycles. The third-order valence-corrected chi connectivity index (χ3v) is 5.52. The van der Waals surface area contributed by atoms with Gasteiger partial charge in [0.1, 0.15) is 13.2 Å². The Labute approximate surface area is 272 Å². The van der Waals surface area contributed by atoms with Crippen LogP contribution in [0.2, 0.25) is 0 Å². The summed E-state index contributed by atoms with van der Waals surface area (Å²) in [7, 11) is 1.31. The normalized spacial score (nSPS) is 11.1. The summed E-state index contributed by atoms with van der Waals surface area (Å²) in [6.45, 7) is 9.08. The molecule has 0 aliphatic carbocycles. The number of ether oxygens (including phenoxy) is 12. The Hall–Kier alpha value is -2.44. The van der Waals surface area contributed by atoms with Crippen LogP contribution in [0.3, 0.4) is 0 Å². The first-order valence-electron chi connectivity index (χ1n) is 15.5. The summed E-state index contributed by atoms with van der Waals surface area (Å²) in [4.78, 5) is 22.5. The van der Waals surface area contributed by atoms with E-state index < -0.39 is 12.1 Å². The molecular formula is C31H53NO14. The van der Waals surface area contributed by atoms with Gasteiger partial charge in [0.15, 0.2) is 0 Å². The topological polar surface area (TPSA) is 157 Å². The van der Waals surface area contributed by atoms with Crippen LogP contribution in [0, 0.1) is 0 Å². The lowest BCUT2D eigenvalue weighted by atomic mass is 10.2. The predicted octanol–water partition coefficient (Wildman–Crippen LogP) is 1.25. The Morgan fingerprint density at radius 2 is 0.848 bits per heavy atom. The summed E-state index contributed by atoms with van der Waals surface area (Å²) in [5.41, 5.74) is 0.934. The number of carbonyl (C=O) groups excluding carboxylic acids is 2. The lowest BCUT2D eigenvalue weighted by Crippen LogP contribution is -2.28. The van der Waals surface area contributed by atoms with Crippen LogP contribution in [0.25, 0.3) is 0 Å². The maximum absolute atomic E-state index is 11.6. The molecule has 15 heteroatoms. The molecule has 1 aromatic rings. The van der Waals surface area contributed by atoms with Crippen LogP contribution in [0.15, 0.2) is 30.3 Å². The van der Waals surface area contributed by atoms with Crippen LogP contribution in [0.1, 0.15) is 5.56 Å². The first kappa shape index (κ1) is 41.6. The summed E-state index contributed by atoms with van der Waals surface area (Å²) < 4.78 is 63.4. The second-order valence-electron chi connectivity index (χ2n) is 9.13. The number of nitrogens with one attached hydrogen (secondary N) is 1. The molecule has 0 radical (unpaired) electrons. The Morgan fingerprint density at radius 3 is 1.22 bits per heavy atom. The van der Waals surface area contributed by atoms with Crippen molar-refractivity contribution in [2.45, 2.75) is 6.61 Å². The smallest absolute Gasteiger partial charge is 0.407 e. The van der Waals surface area contributed by atoms with Gasteiger partial charge in [-0.2, -0.15) is 0 Å². The molecule has 0 aliphatic heterocycles. The molecule has 266 valence electrons. The minimum absolute atomic E-state index is 0.0748. The van der Waals surface area contributed by atoms with Crippen molar-refractivity contribution in [3.8, 4) is 0 Å². The molecular weight excluding hydrogens is 610 g/mol. The highest BCUT2D eigenvalue weighted by Crippen LogP contribution is 2.00. The number of benzene rings is 1. The summed E-state index contributed by atoms with van der Waals surface area (Å²) in [5.74, 6) is -0.412. The number of hydrogen-bond donors (Lipinski definition) is 1. The fourth-order valence-corrected chi connectivity index (χ4v) is 3.19.